The Morgan fingerprint density at radius 3 is 2.72 bits per heavy atom. The smallest absolute Gasteiger partial charge is 0.293 e. The number of carbonyl (C=O) groups is 1. The zero-order valence-electron chi connectivity index (χ0n) is 10.1. The molecule has 1 aromatic rings. The Kier molecular flexibility index (Phi) is 4.91. The quantitative estimate of drug-likeness (QED) is 0.635. The molecule has 7 heteroatoms. The number of carbonyl (C=O) groups excluding carboxylic acids is 1. The average molecular weight is 272 g/mol. The van der Waals surface area contributed by atoms with Crippen molar-refractivity contribution in [2.24, 2.45) is 0 Å². The van der Waals surface area contributed by atoms with Crippen molar-refractivity contribution in [3.8, 4) is 0 Å². The Hall–Kier alpha value is -1.82. The zero-order chi connectivity index (χ0) is 13.7. The summed E-state index contributed by atoms with van der Waals surface area (Å²) in [7, 11) is 0. The largest absolute Gasteiger partial charge is 0.371 e. The van der Waals surface area contributed by atoms with Crippen molar-refractivity contribution in [3.63, 3.8) is 0 Å². The normalized spacial score (nSPS) is 10.2. The molecule has 0 fully saturated rings. The number of halogens is 1. The summed E-state index contributed by atoms with van der Waals surface area (Å²) in [5.41, 5.74) is 0.114. The van der Waals surface area contributed by atoms with Crippen molar-refractivity contribution >= 4 is 28.9 Å². The van der Waals surface area contributed by atoms with E-state index in [4.69, 9.17) is 11.6 Å². The number of amides is 1. The number of nitro groups is 1. The van der Waals surface area contributed by atoms with Crippen molar-refractivity contribution < 1.29 is 9.72 Å². The molecule has 0 radical (unpaired) electrons. The summed E-state index contributed by atoms with van der Waals surface area (Å²) in [6.45, 7) is 3.64. The minimum atomic E-state index is -0.547. The number of hydrogen-bond donors (Lipinski definition) is 2. The first-order valence-electron chi connectivity index (χ1n) is 5.37. The number of anilines is 1. The van der Waals surface area contributed by atoms with Crippen molar-refractivity contribution in [1.29, 1.82) is 0 Å². The Morgan fingerprint density at radius 1 is 1.50 bits per heavy atom. The van der Waals surface area contributed by atoms with Gasteiger partial charge in [-0.15, -0.1) is 0 Å². The van der Waals surface area contributed by atoms with Gasteiger partial charge in [0.1, 0.15) is 5.69 Å². The van der Waals surface area contributed by atoms with E-state index < -0.39 is 4.92 Å². The van der Waals surface area contributed by atoms with E-state index in [0.29, 0.717) is 0 Å². The van der Waals surface area contributed by atoms with Crippen LogP contribution in [0, 0.1) is 10.1 Å². The van der Waals surface area contributed by atoms with Crippen LogP contribution < -0.4 is 10.6 Å². The summed E-state index contributed by atoms with van der Waals surface area (Å²) in [4.78, 5) is 21.7. The molecule has 1 rings (SSSR count). The van der Waals surface area contributed by atoms with Crippen LogP contribution in [0.15, 0.2) is 18.2 Å². The maximum absolute atomic E-state index is 11.4. The van der Waals surface area contributed by atoms with E-state index in [9.17, 15) is 14.9 Å². The number of hydrogen-bond acceptors (Lipinski definition) is 4. The van der Waals surface area contributed by atoms with Gasteiger partial charge in [-0.05, 0) is 26.0 Å². The van der Waals surface area contributed by atoms with Gasteiger partial charge in [0.2, 0.25) is 5.91 Å². The number of nitro benzene ring substituents is 1. The van der Waals surface area contributed by atoms with E-state index in [-0.39, 0.29) is 34.9 Å². The van der Waals surface area contributed by atoms with E-state index >= 15 is 0 Å². The molecule has 0 aliphatic carbocycles. The highest BCUT2D eigenvalue weighted by Gasteiger charge is 2.14. The van der Waals surface area contributed by atoms with Crippen LogP contribution in [0.3, 0.4) is 0 Å². The number of nitrogens with one attached hydrogen (secondary N) is 2. The zero-order valence-corrected chi connectivity index (χ0v) is 10.8. The standard InChI is InChI=1S/C11H14ClN3O3/c1-7(2)14-11(16)6-13-9-4-3-8(12)5-10(9)15(17)18/h3-5,7,13H,6H2,1-2H3,(H,14,16). The molecule has 0 atom stereocenters. The van der Waals surface area contributed by atoms with Crippen LogP contribution in [-0.4, -0.2) is 23.4 Å². The van der Waals surface area contributed by atoms with Crippen LogP contribution in [-0.2, 0) is 4.79 Å². The van der Waals surface area contributed by atoms with E-state index in [1.54, 1.807) is 0 Å². The molecule has 0 saturated carbocycles. The second-order valence-corrected chi connectivity index (χ2v) is 4.43. The van der Waals surface area contributed by atoms with Gasteiger partial charge in [-0.2, -0.15) is 0 Å². The summed E-state index contributed by atoms with van der Waals surface area (Å²) in [6, 6.07) is 4.27. The highest BCUT2D eigenvalue weighted by molar-refractivity contribution is 6.30. The van der Waals surface area contributed by atoms with Crippen molar-refractivity contribution in [3.05, 3.63) is 33.3 Å². The molecule has 0 spiro atoms. The van der Waals surface area contributed by atoms with Crippen molar-refractivity contribution in [2.75, 3.05) is 11.9 Å². The monoisotopic (exact) mass is 271 g/mol. The molecule has 98 valence electrons. The molecule has 6 nitrogen and oxygen atoms in total. The van der Waals surface area contributed by atoms with Gasteiger partial charge in [0.15, 0.2) is 0 Å². The molecular weight excluding hydrogens is 258 g/mol. The van der Waals surface area contributed by atoms with Gasteiger partial charge in [0.25, 0.3) is 5.69 Å². The fraction of sp³-hybridized carbons (Fsp3) is 0.364. The van der Waals surface area contributed by atoms with E-state index in [0.717, 1.165) is 0 Å². The van der Waals surface area contributed by atoms with Crippen LogP contribution in [0.5, 0.6) is 0 Å². The molecule has 0 heterocycles. The van der Waals surface area contributed by atoms with Gasteiger partial charge in [0, 0.05) is 17.1 Å². The minimum Gasteiger partial charge on any atom is -0.371 e. The van der Waals surface area contributed by atoms with E-state index in [1.165, 1.54) is 18.2 Å². The van der Waals surface area contributed by atoms with Gasteiger partial charge in [0.05, 0.1) is 11.5 Å². The fourth-order valence-corrected chi connectivity index (χ4v) is 1.52. The highest BCUT2D eigenvalue weighted by Crippen LogP contribution is 2.27. The number of nitrogens with zero attached hydrogens (tertiary/aromatic N) is 1. The third kappa shape index (κ3) is 4.21. The minimum absolute atomic E-state index is 0.0271. The molecule has 18 heavy (non-hydrogen) atoms. The van der Waals surface area contributed by atoms with Crippen LogP contribution in [0.25, 0.3) is 0 Å². The first kappa shape index (κ1) is 14.2. The molecule has 0 aromatic heterocycles. The molecule has 0 bridgehead atoms. The second-order valence-electron chi connectivity index (χ2n) is 3.99. The Morgan fingerprint density at radius 2 is 2.17 bits per heavy atom. The topological polar surface area (TPSA) is 84.3 Å². The Bertz CT molecular complexity index is 463. The maximum atomic E-state index is 11.4. The van der Waals surface area contributed by atoms with Crippen LogP contribution in [0.4, 0.5) is 11.4 Å². The summed E-state index contributed by atoms with van der Waals surface area (Å²) >= 11 is 5.68. The predicted molar refractivity (Wildman–Crippen MR) is 69.9 cm³/mol. The SMILES string of the molecule is CC(C)NC(=O)CNc1ccc(Cl)cc1[N+](=O)[O-]. The van der Waals surface area contributed by atoms with Gasteiger partial charge in [-0.25, -0.2) is 0 Å². The van der Waals surface area contributed by atoms with E-state index in [2.05, 4.69) is 10.6 Å². The third-order valence-electron chi connectivity index (χ3n) is 2.05. The number of benzene rings is 1. The first-order valence-corrected chi connectivity index (χ1v) is 5.75. The second kappa shape index (κ2) is 6.20. The van der Waals surface area contributed by atoms with Crippen LogP contribution >= 0.6 is 11.6 Å². The third-order valence-corrected chi connectivity index (χ3v) is 2.28. The average Bonchev–Trinajstić information content (AvgIpc) is 2.26. The molecular formula is C11H14ClN3O3. The summed E-state index contributed by atoms with van der Waals surface area (Å²) in [6.07, 6.45) is 0. The molecule has 0 saturated heterocycles. The Labute approximate surface area is 109 Å². The summed E-state index contributed by atoms with van der Waals surface area (Å²) in [5, 5.41) is 16.5. The molecule has 1 amide bonds. The first-order chi connectivity index (χ1) is 8.40. The van der Waals surface area contributed by atoms with Crippen molar-refractivity contribution in [2.45, 2.75) is 19.9 Å². The predicted octanol–water partition coefficient (Wildman–Crippen LogP) is 2.18. The lowest BCUT2D eigenvalue weighted by Crippen LogP contribution is -2.34. The van der Waals surface area contributed by atoms with Crippen molar-refractivity contribution in [1.82, 2.24) is 5.32 Å². The highest BCUT2D eigenvalue weighted by atomic mass is 35.5. The summed E-state index contributed by atoms with van der Waals surface area (Å²) in [5.74, 6) is -0.228. The lowest BCUT2D eigenvalue weighted by Gasteiger charge is -2.10. The molecule has 2 N–H and O–H groups in total. The maximum Gasteiger partial charge on any atom is 0.293 e. The van der Waals surface area contributed by atoms with Gasteiger partial charge >= 0.3 is 0 Å². The molecule has 1 aromatic carbocycles. The lowest BCUT2D eigenvalue weighted by atomic mass is 10.2. The van der Waals surface area contributed by atoms with Gasteiger partial charge in [-0.1, -0.05) is 11.6 Å². The lowest BCUT2D eigenvalue weighted by molar-refractivity contribution is -0.383. The molecule has 0 unspecified atom stereocenters. The van der Waals surface area contributed by atoms with Gasteiger partial charge in [-0.3, -0.25) is 14.9 Å². The molecule has 0 aliphatic rings. The summed E-state index contributed by atoms with van der Waals surface area (Å²) < 4.78 is 0. The van der Waals surface area contributed by atoms with Crippen LogP contribution in [0.2, 0.25) is 5.02 Å². The Balaban J connectivity index is 2.73. The fourth-order valence-electron chi connectivity index (χ4n) is 1.35. The van der Waals surface area contributed by atoms with Gasteiger partial charge < -0.3 is 10.6 Å². The van der Waals surface area contributed by atoms with E-state index in [1.807, 2.05) is 13.8 Å². The van der Waals surface area contributed by atoms with Crippen LogP contribution in [0.1, 0.15) is 13.8 Å². The number of rotatable bonds is 5. The molecule has 0 aliphatic heterocycles.